The molecule has 6 aromatic rings. The quantitative estimate of drug-likeness (QED) is 0.0444. The summed E-state index contributed by atoms with van der Waals surface area (Å²) in [7, 11) is 2.73. The summed E-state index contributed by atoms with van der Waals surface area (Å²) in [6.07, 6.45) is 2.53. The van der Waals surface area contributed by atoms with Crippen molar-refractivity contribution >= 4 is 106 Å². The predicted octanol–water partition coefficient (Wildman–Crippen LogP) is 14.4. The van der Waals surface area contributed by atoms with Crippen molar-refractivity contribution in [2.45, 2.75) is 244 Å². The van der Waals surface area contributed by atoms with Crippen LogP contribution < -0.4 is 36.1 Å². The number of imide groups is 6. The van der Waals surface area contributed by atoms with E-state index in [2.05, 4.69) is 94.9 Å². The number of aryl methyl sites for hydroxylation is 2. The molecule has 4 unspecified atom stereocenters. The fraction of sp³-hybridized carbons (Fsp3) is 0.426. The Morgan fingerprint density at radius 2 is 0.761 bits per heavy atom. The van der Waals surface area contributed by atoms with Crippen molar-refractivity contribution in [3.05, 3.63) is 233 Å². The Hall–Kier alpha value is -9.43. The number of ether oxygens (including phenoxy) is 2. The van der Waals surface area contributed by atoms with Gasteiger partial charge in [0.2, 0.25) is 70.9 Å². The Morgan fingerprint density at radius 3 is 1.14 bits per heavy atom. The van der Waals surface area contributed by atoms with E-state index in [4.69, 9.17) is 9.47 Å². The number of likely N-dealkylation sites (tertiary alicyclic amines) is 1. The van der Waals surface area contributed by atoms with Crippen molar-refractivity contribution < 1.29 is 231 Å². The van der Waals surface area contributed by atoms with E-state index in [9.17, 15) is 95.1 Å². The zero-order valence-corrected chi connectivity index (χ0v) is 95.2. The van der Waals surface area contributed by atoms with Gasteiger partial charge in [-0.3, -0.25) is 89.0 Å². The molecule has 722 valence electrons. The van der Waals surface area contributed by atoms with E-state index in [-0.39, 0.29) is 262 Å². The van der Waals surface area contributed by atoms with Crippen LogP contribution >= 0.6 is 0 Å². The minimum atomic E-state index is -0.957. The summed E-state index contributed by atoms with van der Waals surface area (Å²) in [4.78, 5) is 208. The van der Waals surface area contributed by atoms with Gasteiger partial charge in [-0.25, -0.2) is 8.78 Å². The fourth-order valence-corrected chi connectivity index (χ4v) is 10.9. The van der Waals surface area contributed by atoms with Gasteiger partial charge in [-0.15, -0.1) is 178 Å². The van der Waals surface area contributed by atoms with Crippen LogP contribution in [0.3, 0.4) is 0 Å². The number of nitrogens with zero attached hydrogens (tertiary/aromatic N) is 7. The molecule has 134 heavy (non-hydrogen) atoms. The maximum atomic E-state index is 13.1. The van der Waals surface area contributed by atoms with Gasteiger partial charge in [-0.2, -0.15) is 0 Å². The minimum absolute atomic E-state index is 0. The second kappa shape index (κ2) is 75.7. The Bertz CT molecular complexity index is 4750. The normalized spacial score (nSPS) is 16.5. The standard InChI is InChI=1S/C15H17N2O3.C14H15N2O4.C13H12FN2O4.C13H12FN2O3.2C13H13N2O3.6C2H6.CH4.6W/c1-9(2)10-4-3-5-11(8-10)14(19)16-12-6-7-13(18)17-15(12)20;1-2-20-10-5-3-4-9(8-10)13(18)15-11-6-7-12(17)16-14(11)19;1-20-10-4-2-7(14)6-8(10)12(18)15-9-3-5-11(17)16-13(9)19;1-7-4-8(6-9(14)5-7)12(18)15-10-2-3-11(17)16-13(10)19;1-8-3-2-4-9(7-8)12(17)14-10-5-6-11(16)15-13(10)18;1-15-11(16)8-7-10(13(15)18)14-12(17)9-5-3-2-4-6-9;6*1-2;;;;;;;/h3-5,9,12H,6-7H2,1-2H3,(H2,16,17,18,19,20);3-5,11H,2,6-7H2,1H3,(H2,15,16,17,18,19);2,4,9H,3,5H2,1H3,(H2,15,16,17,18,19);4-5,10H,2-3H2,1H3,(H2,15,16,17,18,19);2-3,7,10H,5-6H2,1H3,(H2,14,15,16,17,18);2-5,10H,7-8H2,1H3,(H,14,17);6*1-2H3;1H4;;;;;;/q6*-1;;;;;;;;6*+2/p-6/t;;9-;;10-;;;;;;;;;;;;;;/m..1.1............../s1. The van der Waals surface area contributed by atoms with Crippen LogP contribution in [-0.2, 0) is 184 Å². The Balaban J connectivity index is -0.000000279. The number of halogens is 2. The second-order valence-electron chi connectivity index (χ2n) is 26.0. The maximum Gasteiger partial charge on any atom is 2.00 e. The molecule has 6 fully saturated rings. The number of hydrogen-bond acceptors (Lipinski definition) is 20. The number of rotatable bonds is 16. The van der Waals surface area contributed by atoms with Gasteiger partial charge >= 0.3 is 126 Å². The third-order valence-corrected chi connectivity index (χ3v) is 16.9. The average Bonchev–Trinajstić information content (AvgIpc) is 0.851. The number of benzene rings is 6. The van der Waals surface area contributed by atoms with E-state index in [0.717, 1.165) is 22.1 Å². The number of methoxy groups -OCH3 is 1. The van der Waals surface area contributed by atoms with E-state index in [1.54, 1.807) is 73.7 Å². The number of carbonyl (C=O) groups is 18. The second-order valence-corrected chi connectivity index (χ2v) is 26.0. The van der Waals surface area contributed by atoms with Crippen molar-refractivity contribution in [1.29, 1.82) is 0 Å². The van der Waals surface area contributed by atoms with Crippen LogP contribution in [0.25, 0.3) is 31.9 Å². The summed E-state index contributed by atoms with van der Waals surface area (Å²) in [5.41, 5.74) is 3.45. The summed E-state index contributed by atoms with van der Waals surface area (Å²) < 4.78 is 36.4. The summed E-state index contributed by atoms with van der Waals surface area (Å²) in [5.74, 6) is -9.21. The molecule has 32 nitrogen and oxygen atoms in total. The molecule has 0 aliphatic carbocycles. The van der Waals surface area contributed by atoms with Crippen molar-refractivity contribution in [3.63, 3.8) is 0 Å². The first-order valence-corrected chi connectivity index (χ1v) is 41.8. The molecule has 6 heterocycles. The van der Waals surface area contributed by atoms with E-state index >= 15 is 0 Å². The van der Waals surface area contributed by atoms with Crippen LogP contribution in [0.15, 0.2) is 103 Å². The number of likely N-dealkylation sites (N-methyl/N-ethyl adjacent to an activating group) is 1. The summed E-state index contributed by atoms with van der Waals surface area (Å²) in [5, 5.41) is 33.5. The van der Waals surface area contributed by atoms with Crippen molar-refractivity contribution in [1.82, 2.24) is 31.5 Å². The number of amides is 18. The molecule has 0 spiro atoms. The molecule has 6 aliphatic heterocycles. The third-order valence-electron chi connectivity index (χ3n) is 16.9. The van der Waals surface area contributed by atoms with Crippen molar-refractivity contribution in [2.24, 2.45) is 0 Å². The Morgan fingerprint density at radius 1 is 0.403 bits per heavy atom. The first-order chi connectivity index (χ1) is 60.7. The molecule has 40 heteroatoms. The molecule has 0 saturated carbocycles. The van der Waals surface area contributed by atoms with E-state index < -0.39 is 125 Å². The van der Waals surface area contributed by atoms with Crippen LogP contribution in [0.4, 0.5) is 8.78 Å². The van der Waals surface area contributed by atoms with Gasteiger partial charge in [0.05, 0.1) is 13.7 Å². The molecule has 6 atom stereocenters. The smallest absolute Gasteiger partial charge is 0.684 e. The van der Waals surface area contributed by atoms with E-state index in [0.29, 0.717) is 41.0 Å². The van der Waals surface area contributed by atoms with Crippen molar-refractivity contribution in [2.75, 3.05) is 20.8 Å². The first-order valence-electron chi connectivity index (χ1n) is 41.8. The van der Waals surface area contributed by atoms with E-state index in [1.165, 1.54) is 32.4 Å². The van der Waals surface area contributed by atoms with Crippen LogP contribution in [0.5, 0.6) is 11.5 Å². The van der Waals surface area contributed by atoms with Gasteiger partial charge in [0.1, 0.15) is 0 Å². The molecule has 0 aromatic heterocycles. The zero-order chi connectivity index (χ0) is 96.2. The van der Waals surface area contributed by atoms with E-state index in [1.807, 2.05) is 123 Å². The molecular formula is C94H116F2N12O20W6. The molecular weight excluding hydrogens is 2760 g/mol. The van der Waals surface area contributed by atoms with Crippen molar-refractivity contribution in [3.8, 4) is 11.5 Å². The SMILES string of the molecule is C.CC.CC.CC.CC.CC.CC.CC(C)c1[c-]c(C(=O)[N-]C2CCC(=O)NC2=O)ccc1.CCOc1[c-]c(C(=O)[N-]C2CCC(=O)NC2=O)ccc1.CN1C(=O)CCC([N-]C(=O)c2[c-]cccc2)C1=O.COc1ccc(F)[c-]c1C(=O)[N-][C@@H]1CCC(=O)NC1=O.Cc1cc(F)[c-]c(C(=O)[N-]C2CCC(=O)NC2=O)c1.Cc1cc[c-]c(C(=O)[N-][C@@H]2CCC(=O)NC2=O)c1.[W+2].[W+2].[W+2].[W+2].[W+2].[W+2]. The summed E-state index contributed by atoms with van der Waals surface area (Å²) in [6, 6.07) is 37.9. The summed E-state index contributed by atoms with van der Waals surface area (Å²) in [6.45, 7) is 33.8. The third kappa shape index (κ3) is 48.8. The average molecular weight is 2880 g/mol. The number of carbonyl (C=O) groups excluding carboxylic acids is 18. The minimum Gasteiger partial charge on any atom is -0.684 e. The van der Waals surface area contributed by atoms with Crippen LogP contribution in [0.1, 0.15) is 273 Å². The molecule has 18 amide bonds. The number of piperidine rings is 6. The molecule has 5 N–H and O–H groups in total. The van der Waals surface area contributed by atoms with Gasteiger partial charge in [-0.05, 0) is 123 Å². The van der Waals surface area contributed by atoms with Crippen LogP contribution in [-0.4, -0.2) is 168 Å². The molecule has 6 aliphatic rings. The monoisotopic (exact) mass is 2870 g/mol. The van der Waals surface area contributed by atoms with Crippen LogP contribution in [0.2, 0.25) is 0 Å². The molecule has 0 radical (unpaired) electrons. The maximum absolute atomic E-state index is 13.1. The topological polar surface area (TPSA) is 474 Å². The van der Waals surface area contributed by atoms with Gasteiger partial charge < -0.3 is 70.1 Å². The van der Waals surface area contributed by atoms with Gasteiger partial charge in [0, 0.05) is 68.7 Å². The fourth-order valence-electron chi connectivity index (χ4n) is 10.9. The predicted molar refractivity (Wildman–Crippen MR) is 475 cm³/mol. The van der Waals surface area contributed by atoms with Gasteiger partial charge in [0.15, 0.2) is 0 Å². The Kier molecular flexibility index (Phi) is 77.8. The Labute approximate surface area is 871 Å². The van der Waals surface area contributed by atoms with Crippen LogP contribution in [0, 0.1) is 61.9 Å². The van der Waals surface area contributed by atoms with Gasteiger partial charge in [-0.1, -0.05) is 130 Å². The largest absolute Gasteiger partial charge is 2.00 e. The molecule has 12 rings (SSSR count). The first kappa shape index (κ1) is 138. The van der Waals surface area contributed by atoms with Gasteiger partial charge in [0.25, 0.3) is 0 Å². The number of hydrogen-bond donors (Lipinski definition) is 5. The molecule has 6 saturated heterocycles. The number of nitrogens with one attached hydrogen (secondary N) is 5. The molecule has 0 bridgehead atoms. The zero-order valence-electron chi connectivity index (χ0n) is 77.5. The molecule has 6 aromatic carbocycles. The summed E-state index contributed by atoms with van der Waals surface area (Å²) >= 11 is 0.